The van der Waals surface area contributed by atoms with Crippen LogP contribution in [-0.4, -0.2) is 224 Å². The number of carbonyl (C=O) groups excluding carboxylic acids is 12. The van der Waals surface area contributed by atoms with Gasteiger partial charge in [0.15, 0.2) is 5.96 Å². The summed E-state index contributed by atoms with van der Waals surface area (Å²) >= 11 is 0. The number of hydrogen-bond acceptors (Lipinski definition) is 20. The predicted molar refractivity (Wildman–Crippen MR) is 318 cm³/mol. The molecule has 91 heavy (non-hydrogen) atoms. The molecule has 0 saturated carbocycles. The molecule has 1 aliphatic rings. The van der Waals surface area contributed by atoms with Gasteiger partial charge in [-0.2, -0.15) is 0 Å². The summed E-state index contributed by atoms with van der Waals surface area (Å²) in [5.41, 5.74) is 17.0. The number of aliphatic hydroxyl groups excluding tert-OH is 3. The van der Waals surface area contributed by atoms with E-state index in [0.29, 0.717) is 11.1 Å². The number of nitrogens with one attached hydrogen (secondary N) is 10. The van der Waals surface area contributed by atoms with Gasteiger partial charge in [-0.1, -0.05) is 38.1 Å². The minimum absolute atomic E-state index is 0.0114. The number of hydrogen-bond donors (Lipinski definition) is 20. The van der Waals surface area contributed by atoms with Crippen LogP contribution in [0.15, 0.2) is 53.5 Å². The number of rotatable bonds is 37. The molecule has 2 aromatic carbocycles. The molecular weight excluding hydrogens is 1230 g/mol. The van der Waals surface area contributed by atoms with Crippen LogP contribution < -0.4 is 70.4 Å². The van der Waals surface area contributed by atoms with Crippen LogP contribution in [0.5, 0.6) is 11.5 Å². The highest BCUT2D eigenvalue weighted by atomic mass is 31.2. The number of aliphatic hydroxyl groups is 3. The van der Waals surface area contributed by atoms with Crippen molar-refractivity contribution >= 4 is 84.7 Å². The molecule has 0 bridgehead atoms. The Kier molecular flexibility index (Phi) is 31.1. The number of primary amides is 1. The number of guanidine groups is 1. The highest BCUT2D eigenvalue weighted by molar-refractivity contribution is 7.46. The van der Waals surface area contributed by atoms with Crippen LogP contribution >= 0.6 is 7.82 Å². The van der Waals surface area contributed by atoms with Crippen LogP contribution in [0.25, 0.3) is 0 Å². The number of phenolic OH excluding ortho intramolecular Hbond substituents is 2. The number of nitrogens with two attached hydrogens (primary N) is 3. The standard InChI is InChI=1S/C54H82N15O21P/c1-27(2)19-35(61-29(4)73)47(80)64-37(21-31-11-15-33(75)16-12-31)49(82)63-34(7-5-17-58-54(56)57)46(79)60-28(3)45(78)66-39(24-71)50(83)68-41(26-90-91(87,88)89)51(84)67-40(25-72)53(86)69-18-6-8-42(69)52(85)59-22-43(76)62-36(20-30-9-13-32(74)14-10-30)48(81)65-38(23-70)44(55)77/h9-16,27-28,34-42,70-72,74-75H,5-8,17-26H2,1-4H3,(H2,55,77)(H,59,85)(H,60,79)(H,61,73)(H,62,76)(H,63,82)(H,64,80)(H,65,81)(H,66,78)(H,67,84)(H,68,83)(H4,56,57,58)(H2,87,88,89)/t28-,34-,35-,36-,37-,38-,39-,40-,41-,42-/m0/s1. The lowest BCUT2D eigenvalue weighted by Crippen LogP contribution is -2.61. The van der Waals surface area contributed by atoms with Gasteiger partial charge in [-0.05, 0) is 80.3 Å². The second kappa shape index (κ2) is 37.2. The summed E-state index contributed by atoms with van der Waals surface area (Å²) in [7, 11) is -5.44. The van der Waals surface area contributed by atoms with Gasteiger partial charge in [-0.3, -0.25) is 67.1 Å². The number of nitrogens with zero attached hydrogens (tertiary/aromatic N) is 2. The van der Waals surface area contributed by atoms with Gasteiger partial charge < -0.3 is 111 Å². The first-order valence-electron chi connectivity index (χ1n) is 28.5. The first kappa shape index (κ1) is 76.2. The average Bonchev–Trinajstić information content (AvgIpc) is 1.92. The Morgan fingerprint density at radius 3 is 1.57 bits per heavy atom. The first-order chi connectivity index (χ1) is 42.7. The Labute approximate surface area is 521 Å². The number of likely N-dealkylation sites (tertiary alicyclic amines) is 1. The Balaban J connectivity index is 1.76. The molecule has 1 aliphatic heterocycles. The highest BCUT2D eigenvalue weighted by Gasteiger charge is 2.40. The van der Waals surface area contributed by atoms with Crippen molar-refractivity contribution in [3.05, 3.63) is 59.7 Å². The van der Waals surface area contributed by atoms with E-state index in [-0.39, 0.29) is 81.4 Å². The van der Waals surface area contributed by atoms with Crippen molar-refractivity contribution < 1.29 is 102 Å². The van der Waals surface area contributed by atoms with Crippen molar-refractivity contribution in [1.82, 2.24) is 58.1 Å². The van der Waals surface area contributed by atoms with E-state index in [1.54, 1.807) is 13.8 Å². The van der Waals surface area contributed by atoms with Crippen LogP contribution in [0.2, 0.25) is 0 Å². The average molecular weight is 1310 g/mol. The van der Waals surface area contributed by atoms with Gasteiger partial charge in [0, 0.05) is 32.9 Å². The quantitative estimate of drug-likeness (QED) is 0.0129. The predicted octanol–water partition coefficient (Wildman–Crippen LogP) is -7.94. The van der Waals surface area contributed by atoms with Crippen LogP contribution in [0.4, 0.5) is 0 Å². The summed E-state index contributed by atoms with van der Waals surface area (Å²) in [5.74, 6) is -12.8. The number of amides is 12. The van der Waals surface area contributed by atoms with Crippen molar-refractivity contribution in [2.75, 3.05) is 46.1 Å². The van der Waals surface area contributed by atoms with Crippen molar-refractivity contribution in [1.29, 1.82) is 0 Å². The summed E-state index contributed by atoms with van der Waals surface area (Å²) in [6.07, 6.45) is -0.181. The zero-order valence-electron chi connectivity index (χ0n) is 50.3. The lowest BCUT2D eigenvalue weighted by Gasteiger charge is -2.29. The highest BCUT2D eigenvalue weighted by Crippen LogP contribution is 2.35. The molecule has 37 heteroatoms. The fourth-order valence-electron chi connectivity index (χ4n) is 8.89. The Morgan fingerprint density at radius 2 is 1.07 bits per heavy atom. The summed E-state index contributed by atoms with van der Waals surface area (Å²) in [4.78, 5) is 184. The summed E-state index contributed by atoms with van der Waals surface area (Å²) in [5, 5.41) is 72.9. The lowest BCUT2D eigenvalue weighted by molar-refractivity contribution is -0.143. The number of phosphoric ester groups is 1. The topological polar surface area (TPSA) is 587 Å². The van der Waals surface area contributed by atoms with Crippen LogP contribution in [0.1, 0.15) is 70.9 Å². The van der Waals surface area contributed by atoms with Crippen LogP contribution in [0, 0.1) is 5.92 Å². The summed E-state index contributed by atoms with van der Waals surface area (Å²) < 4.78 is 16.3. The van der Waals surface area contributed by atoms with Crippen LogP contribution in [0.3, 0.4) is 0 Å². The van der Waals surface area contributed by atoms with Gasteiger partial charge >= 0.3 is 7.82 Å². The first-order valence-corrected chi connectivity index (χ1v) is 30.0. The molecule has 23 N–H and O–H groups in total. The van der Waals surface area contributed by atoms with E-state index in [1.165, 1.54) is 55.5 Å². The SMILES string of the molecule is CC(=O)N[C@@H](CC(C)C)C(=O)N[C@@H](Cc1ccc(O)cc1)C(=O)N[C@@H](CCCN=C(N)N)C(=O)N[C@@H](C)C(=O)N[C@@H](CO)C(=O)N[C@@H](COP(=O)(O)O)C(=O)N[C@@H](CO)C(=O)N1CCC[C@H]1C(=O)NCC(=O)N[C@@H](Cc1ccc(O)cc1)C(=O)N[C@@H](CO)C(N)=O. The molecule has 10 atom stereocenters. The fourth-order valence-corrected chi connectivity index (χ4v) is 9.23. The number of phenols is 2. The number of carbonyl (C=O) groups is 12. The third-order valence-electron chi connectivity index (χ3n) is 13.5. The molecule has 0 spiro atoms. The van der Waals surface area contributed by atoms with Gasteiger partial charge in [0.2, 0.25) is 70.9 Å². The summed E-state index contributed by atoms with van der Waals surface area (Å²) in [6, 6.07) is -4.85. The van der Waals surface area contributed by atoms with E-state index < -0.39 is 172 Å². The number of aliphatic imine (C=N–C) groups is 1. The summed E-state index contributed by atoms with van der Waals surface area (Å²) in [6.45, 7) is 0.360. The minimum atomic E-state index is -5.44. The molecule has 0 aromatic heterocycles. The van der Waals surface area contributed by atoms with E-state index in [0.717, 1.165) is 11.8 Å². The monoisotopic (exact) mass is 1310 g/mol. The molecule has 36 nitrogen and oxygen atoms in total. The Hall–Kier alpha value is -9.06. The lowest BCUT2D eigenvalue weighted by atomic mass is 10.0. The molecular formula is C54H82N15O21P. The zero-order chi connectivity index (χ0) is 68.3. The van der Waals surface area contributed by atoms with E-state index >= 15 is 0 Å². The molecule has 1 heterocycles. The largest absolute Gasteiger partial charge is 0.508 e. The number of benzene rings is 2. The Bertz CT molecular complexity index is 2950. The fraction of sp³-hybridized carbons (Fsp3) is 0.537. The third-order valence-corrected chi connectivity index (χ3v) is 14.0. The molecule has 12 amide bonds. The van der Waals surface area contributed by atoms with Gasteiger partial charge in [0.1, 0.15) is 71.9 Å². The molecule has 3 rings (SSSR count). The molecule has 0 unspecified atom stereocenters. The number of phosphoric acid groups is 1. The third kappa shape index (κ3) is 26.9. The zero-order valence-corrected chi connectivity index (χ0v) is 51.2. The second-order valence-electron chi connectivity index (χ2n) is 21.4. The van der Waals surface area contributed by atoms with Crippen molar-refractivity contribution in [2.45, 2.75) is 133 Å². The van der Waals surface area contributed by atoms with Crippen molar-refractivity contribution in [2.24, 2.45) is 28.1 Å². The van der Waals surface area contributed by atoms with Gasteiger partial charge in [-0.15, -0.1) is 0 Å². The molecule has 0 radical (unpaired) electrons. The smallest absolute Gasteiger partial charge is 0.469 e. The number of aromatic hydroxyl groups is 2. The van der Waals surface area contributed by atoms with Gasteiger partial charge in [0.05, 0.1) is 33.0 Å². The normalized spacial score (nSPS) is 15.8. The van der Waals surface area contributed by atoms with Crippen molar-refractivity contribution in [3.63, 3.8) is 0 Å². The van der Waals surface area contributed by atoms with E-state index in [4.69, 9.17) is 17.2 Å². The maximum atomic E-state index is 14.1. The van der Waals surface area contributed by atoms with Gasteiger partial charge in [-0.25, -0.2) is 4.57 Å². The molecule has 1 saturated heterocycles. The van der Waals surface area contributed by atoms with Gasteiger partial charge in [0.25, 0.3) is 0 Å². The maximum absolute atomic E-state index is 14.1. The Morgan fingerprint density at radius 1 is 0.604 bits per heavy atom. The minimum Gasteiger partial charge on any atom is -0.508 e. The molecule has 504 valence electrons. The second-order valence-corrected chi connectivity index (χ2v) is 22.7. The van der Waals surface area contributed by atoms with E-state index in [9.17, 15) is 97.4 Å². The van der Waals surface area contributed by atoms with Crippen LogP contribution in [-0.2, 0) is 79.5 Å². The molecule has 1 fully saturated rings. The maximum Gasteiger partial charge on any atom is 0.469 e. The van der Waals surface area contributed by atoms with E-state index in [1.807, 2.05) is 5.32 Å². The van der Waals surface area contributed by atoms with E-state index in [2.05, 4.69) is 57.4 Å². The molecule has 0 aliphatic carbocycles. The molecule has 2 aromatic rings. The van der Waals surface area contributed by atoms with Crippen molar-refractivity contribution in [3.8, 4) is 11.5 Å².